The summed E-state index contributed by atoms with van der Waals surface area (Å²) in [6, 6.07) is 4.91. The standard InChI is InChI=1S/C12H18FNO/c1-2-3-6-15-9-11-7-10(8-14)4-5-12(11)13/h4-5,7H,2-3,6,8-9,14H2,1H3. The van der Waals surface area contributed by atoms with Gasteiger partial charge in [-0.2, -0.15) is 0 Å². The van der Waals surface area contributed by atoms with Gasteiger partial charge in [0.2, 0.25) is 0 Å². The zero-order valence-electron chi connectivity index (χ0n) is 9.13. The molecule has 0 saturated heterocycles. The Morgan fingerprint density at radius 2 is 2.20 bits per heavy atom. The summed E-state index contributed by atoms with van der Waals surface area (Å²) in [5.41, 5.74) is 7.01. The molecule has 0 fully saturated rings. The minimum Gasteiger partial charge on any atom is -0.377 e. The summed E-state index contributed by atoms with van der Waals surface area (Å²) in [5.74, 6) is -0.219. The van der Waals surface area contributed by atoms with Crippen LogP contribution in [0, 0.1) is 5.82 Å². The van der Waals surface area contributed by atoms with Crippen LogP contribution in [0.3, 0.4) is 0 Å². The Balaban J connectivity index is 2.51. The summed E-state index contributed by atoms with van der Waals surface area (Å²) in [6.45, 7) is 3.55. The van der Waals surface area contributed by atoms with Gasteiger partial charge in [-0.1, -0.05) is 19.4 Å². The molecule has 15 heavy (non-hydrogen) atoms. The van der Waals surface area contributed by atoms with Crippen LogP contribution in [-0.2, 0) is 17.9 Å². The molecule has 0 aromatic heterocycles. The molecular weight excluding hydrogens is 193 g/mol. The molecule has 0 amide bonds. The van der Waals surface area contributed by atoms with Gasteiger partial charge in [-0.25, -0.2) is 4.39 Å². The molecule has 0 bridgehead atoms. The molecule has 0 aliphatic heterocycles. The van der Waals surface area contributed by atoms with Gasteiger partial charge in [-0.15, -0.1) is 0 Å². The Hall–Kier alpha value is -0.930. The monoisotopic (exact) mass is 211 g/mol. The third-order valence-corrected chi connectivity index (χ3v) is 2.25. The van der Waals surface area contributed by atoms with Gasteiger partial charge in [0.25, 0.3) is 0 Å². The smallest absolute Gasteiger partial charge is 0.128 e. The highest BCUT2D eigenvalue weighted by atomic mass is 19.1. The van der Waals surface area contributed by atoms with Crippen molar-refractivity contribution in [2.45, 2.75) is 32.9 Å². The minimum atomic E-state index is -0.219. The fraction of sp³-hybridized carbons (Fsp3) is 0.500. The lowest BCUT2D eigenvalue weighted by molar-refractivity contribution is 0.115. The Labute approximate surface area is 90.2 Å². The largest absolute Gasteiger partial charge is 0.377 e. The predicted molar refractivity (Wildman–Crippen MR) is 58.9 cm³/mol. The summed E-state index contributed by atoms with van der Waals surface area (Å²) in [4.78, 5) is 0. The number of unbranched alkanes of at least 4 members (excludes halogenated alkanes) is 1. The van der Waals surface area contributed by atoms with E-state index in [1.165, 1.54) is 6.07 Å². The summed E-state index contributed by atoms with van der Waals surface area (Å²) in [6.07, 6.45) is 2.10. The number of hydrogen-bond acceptors (Lipinski definition) is 2. The van der Waals surface area contributed by atoms with E-state index in [0.29, 0.717) is 25.3 Å². The lowest BCUT2D eigenvalue weighted by atomic mass is 10.1. The highest BCUT2D eigenvalue weighted by Gasteiger charge is 2.02. The molecule has 0 radical (unpaired) electrons. The maximum absolute atomic E-state index is 13.3. The number of benzene rings is 1. The molecule has 1 aromatic rings. The molecular formula is C12H18FNO. The first-order chi connectivity index (χ1) is 7.27. The van der Waals surface area contributed by atoms with E-state index in [9.17, 15) is 4.39 Å². The lowest BCUT2D eigenvalue weighted by Gasteiger charge is -2.06. The SMILES string of the molecule is CCCCOCc1cc(CN)ccc1F. The van der Waals surface area contributed by atoms with Crippen molar-refractivity contribution in [1.29, 1.82) is 0 Å². The topological polar surface area (TPSA) is 35.2 Å². The van der Waals surface area contributed by atoms with Crippen LogP contribution in [0.1, 0.15) is 30.9 Å². The zero-order valence-corrected chi connectivity index (χ0v) is 9.13. The molecule has 0 spiro atoms. The molecule has 1 rings (SSSR count). The van der Waals surface area contributed by atoms with E-state index in [-0.39, 0.29) is 5.82 Å². The van der Waals surface area contributed by atoms with Gasteiger partial charge >= 0.3 is 0 Å². The molecule has 0 saturated carbocycles. The minimum absolute atomic E-state index is 0.219. The van der Waals surface area contributed by atoms with Crippen LogP contribution in [0.25, 0.3) is 0 Å². The van der Waals surface area contributed by atoms with Gasteiger partial charge in [-0.05, 0) is 24.1 Å². The van der Waals surface area contributed by atoms with Crippen LogP contribution in [0.15, 0.2) is 18.2 Å². The fourth-order valence-electron chi connectivity index (χ4n) is 1.29. The van der Waals surface area contributed by atoms with Crippen molar-refractivity contribution in [3.63, 3.8) is 0 Å². The first-order valence-electron chi connectivity index (χ1n) is 5.33. The van der Waals surface area contributed by atoms with E-state index in [1.807, 2.05) is 0 Å². The zero-order chi connectivity index (χ0) is 11.1. The highest BCUT2D eigenvalue weighted by molar-refractivity contribution is 5.24. The Bertz CT molecular complexity index is 302. The van der Waals surface area contributed by atoms with Gasteiger partial charge in [0.05, 0.1) is 6.61 Å². The van der Waals surface area contributed by atoms with Crippen LogP contribution in [0.2, 0.25) is 0 Å². The van der Waals surface area contributed by atoms with Crippen LogP contribution < -0.4 is 5.73 Å². The molecule has 0 aliphatic carbocycles. The van der Waals surface area contributed by atoms with Gasteiger partial charge in [-0.3, -0.25) is 0 Å². The summed E-state index contributed by atoms with van der Waals surface area (Å²) in [5, 5.41) is 0. The van der Waals surface area contributed by atoms with Crippen molar-refractivity contribution in [1.82, 2.24) is 0 Å². The lowest BCUT2D eigenvalue weighted by Crippen LogP contribution is -2.01. The van der Waals surface area contributed by atoms with Crippen molar-refractivity contribution in [2.24, 2.45) is 5.73 Å². The van der Waals surface area contributed by atoms with E-state index >= 15 is 0 Å². The van der Waals surface area contributed by atoms with Gasteiger partial charge in [0, 0.05) is 18.7 Å². The van der Waals surface area contributed by atoms with Crippen LogP contribution in [0.4, 0.5) is 4.39 Å². The number of halogens is 1. The first kappa shape index (κ1) is 12.1. The van der Waals surface area contributed by atoms with Gasteiger partial charge in [0.15, 0.2) is 0 Å². The molecule has 0 heterocycles. The Morgan fingerprint density at radius 1 is 1.40 bits per heavy atom. The van der Waals surface area contributed by atoms with Crippen LogP contribution in [-0.4, -0.2) is 6.61 Å². The van der Waals surface area contributed by atoms with Crippen molar-refractivity contribution >= 4 is 0 Å². The van der Waals surface area contributed by atoms with Crippen molar-refractivity contribution in [3.05, 3.63) is 35.1 Å². The summed E-state index contributed by atoms with van der Waals surface area (Å²) >= 11 is 0. The van der Waals surface area contributed by atoms with E-state index < -0.39 is 0 Å². The van der Waals surface area contributed by atoms with E-state index in [0.717, 1.165) is 18.4 Å². The second kappa shape index (κ2) is 6.53. The Morgan fingerprint density at radius 3 is 2.87 bits per heavy atom. The number of hydrogen-bond donors (Lipinski definition) is 1. The fourth-order valence-corrected chi connectivity index (χ4v) is 1.29. The van der Waals surface area contributed by atoms with Crippen molar-refractivity contribution in [2.75, 3.05) is 6.61 Å². The first-order valence-corrected chi connectivity index (χ1v) is 5.33. The molecule has 0 aliphatic rings. The van der Waals surface area contributed by atoms with Crippen LogP contribution >= 0.6 is 0 Å². The molecule has 1 aromatic carbocycles. The summed E-state index contributed by atoms with van der Waals surface area (Å²) in [7, 11) is 0. The molecule has 3 heteroatoms. The highest BCUT2D eigenvalue weighted by Crippen LogP contribution is 2.11. The number of rotatable bonds is 6. The third-order valence-electron chi connectivity index (χ3n) is 2.25. The molecule has 2 N–H and O–H groups in total. The Kier molecular flexibility index (Phi) is 5.29. The quantitative estimate of drug-likeness (QED) is 0.734. The normalized spacial score (nSPS) is 10.6. The van der Waals surface area contributed by atoms with Crippen LogP contribution in [0.5, 0.6) is 0 Å². The third kappa shape index (κ3) is 3.98. The predicted octanol–water partition coefficient (Wildman–Crippen LogP) is 2.60. The van der Waals surface area contributed by atoms with Crippen molar-refractivity contribution < 1.29 is 9.13 Å². The summed E-state index contributed by atoms with van der Waals surface area (Å²) < 4.78 is 18.7. The molecule has 0 atom stereocenters. The van der Waals surface area contributed by atoms with E-state index in [2.05, 4.69) is 6.92 Å². The van der Waals surface area contributed by atoms with Gasteiger partial charge in [0.1, 0.15) is 5.82 Å². The molecule has 2 nitrogen and oxygen atoms in total. The average molecular weight is 211 g/mol. The average Bonchev–Trinajstić information content (AvgIpc) is 2.26. The van der Waals surface area contributed by atoms with Crippen molar-refractivity contribution in [3.8, 4) is 0 Å². The van der Waals surface area contributed by atoms with E-state index in [1.54, 1.807) is 12.1 Å². The number of nitrogens with two attached hydrogens (primary N) is 1. The maximum Gasteiger partial charge on any atom is 0.128 e. The number of ether oxygens (including phenoxy) is 1. The van der Waals surface area contributed by atoms with Gasteiger partial charge < -0.3 is 10.5 Å². The second-order valence-corrected chi connectivity index (χ2v) is 3.54. The second-order valence-electron chi connectivity index (χ2n) is 3.54. The van der Waals surface area contributed by atoms with E-state index in [4.69, 9.17) is 10.5 Å². The maximum atomic E-state index is 13.3. The molecule has 0 unspecified atom stereocenters. The molecule has 84 valence electrons.